The smallest absolute Gasteiger partial charge is 0.259 e. The Labute approximate surface area is 117 Å². The van der Waals surface area contributed by atoms with Crippen molar-refractivity contribution in [1.29, 1.82) is 0 Å². The first-order valence-corrected chi connectivity index (χ1v) is 6.73. The summed E-state index contributed by atoms with van der Waals surface area (Å²) in [6.07, 6.45) is 5.54. The van der Waals surface area contributed by atoms with E-state index in [0.717, 1.165) is 5.82 Å². The number of carbonyl (C=O) groups excluding carboxylic acids is 1. The fourth-order valence-corrected chi connectivity index (χ4v) is 2.54. The van der Waals surface area contributed by atoms with Crippen molar-refractivity contribution in [2.24, 2.45) is 7.05 Å². The zero-order valence-corrected chi connectivity index (χ0v) is 11.7. The number of aryl methyl sites for hydroxylation is 1. The van der Waals surface area contributed by atoms with Crippen LogP contribution in [0.5, 0.6) is 0 Å². The number of nitrogens with zero attached hydrogens (tertiary/aromatic N) is 4. The van der Waals surface area contributed by atoms with Gasteiger partial charge in [0.1, 0.15) is 11.4 Å². The first kappa shape index (κ1) is 12.9. The monoisotopic (exact) mass is 274 g/mol. The maximum atomic E-state index is 12.7. The summed E-state index contributed by atoms with van der Waals surface area (Å²) in [6, 6.07) is 3.86. The van der Waals surface area contributed by atoms with E-state index in [4.69, 9.17) is 4.74 Å². The van der Waals surface area contributed by atoms with Crippen molar-refractivity contribution in [2.45, 2.75) is 13.0 Å². The summed E-state index contributed by atoms with van der Waals surface area (Å²) in [7, 11) is 1.84. The molecular weight excluding hydrogens is 256 g/mol. The summed E-state index contributed by atoms with van der Waals surface area (Å²) in [6.45, 7) is 3.82. The highest BCUT2D eigenvalue weighted by Gasteiger charge is 2.26. The lowest BCUT2D eigenvalue weighted by molar-refractivity contribution is -0.0124. The highest BCUT2D eigenvalue weighted by molar-refractivity contribution is 5.97. The van der Waals surface area contributed by atoms with Crippen molar-refractivity contribution in [1.82, 2.24) is 19.2 Å². The zero-order valence-electron chi connectivity index (χ0n) is 11.7. The third-order valence-electron chi connectivity index (χ3n) is 3.52. The second-order valence-corrected chi connectivity index (χ2v) is 5.03. The van der Waals surface area contributed by atoms with Crippen molar-refractivity contribution in [3.63, 3.8) is 0 Å². The average molecular weight is 274 g/mol. The Morgan fingerprint density at radius 2 is 2.15 bits per heavy atom. The maximum absolute atomic E-state index is 12.7. The van der Waals surface area contributed by atoms with E-state index in [-0.39, 0.29) is 12.0 Å². The highest BCUT2D eigenvalue weighted by Crippen LogP contribution is 2.17. The second-order valence-electron chi connectivity index (χ2n) is 5.03. The highest BCUT2D eigenvalue weighted by atomic mass is 16.5. The zero-order chi connectivity index (χ0) is 14.1. The molecule has 3 rings (SSSR count). The van der Waals surface area contributed by atoms with Gasteiger partial charge >= 0.3 is 0 Å². The van der Waals surface area contributed by atoms with Crippen LogP contribution in [0.4, 0.5) is 0 Å². The molecule has 106 valence electrons. The number of amides is 1. The van der Waals surface area contributed by atoms with Gasteiger partial charge in [-0.3, -0.25) is 9.48 Å². The topological polar surface area (TPSA) is 52.3 Å². The lowest BCUT2D eigenvalue weighted by Crippen LogP contribution is -2.44. The largest absolute Gasteiger partial charge is 0.375 e. The molecule has 1 unspecified atom stereocenters. The number of hydrogen-bond donors (Lipinski definition) is 0. The third kappa shape index (κ3) is 2.22. The van der Waals surface area contributed by atoms with E-state index < -0.39 is 0 Å². The summed E-state index contributed by atoms with van der Waals surface area (Å²) in [4.78, 5) is 14.5. The van der Waals surface area contributed by atoms with Gasteiger partial charge in [-0.2, -0.15) is 5.10 Å². The Balaban J connectivity index is 1.92. The molecule has 0 N–H and O–H groups in total. The molecule has 1 atom stereocenters. The van der Waals surface area contributed by atoms with Crippen molar-refractivity contribution < 1.29 is 9.53 Å². The van der Waals surface area contributed by atoms with Gasteiger partial charge in [0.25, 0.3) is 5.91 Å². The lowest BCUT2D eigenvalue weighted by Gasteiger charge is -2.31. The van der Waals surface area contributed by atoms with E-state index >= 15 is 0 Å². The van der Waals surface area contributed by atoms with Crippen LogP contribution in [0.15, 0.2) is 30.7 Å². The minimum absolute atomic E-state index is 0.0111. The molecule has 1 aliphatic rings. The summed E-state index contributed by atoms with van der Waals surface area (Å²) >= 11 is 0. The summed E-state index contributed by atoms with van der Waals surface area (Å²) in [5.41, 5.74) is 0.623. The maximum Gasteiger partial charge on any atom is 0.259 e. The van der Waals surface area contributed by atoms with Crippen LogP contribution in [-0.2, 0) is 11.8 Å². The predicted molar refractivity (Wildman–Crippen MR) is 73.9 cm³/mol. The molecule has 1 aliphatic heterocycles. The van der Waals surface area contributed by atoms with E-state index in [9.17, 15) is 4.79 Å². The number of rotatable bonds is 2. The number of morpholine rings is 1. The van der Waals surface area contributed by atoms with Gasteiger partial charge in [0.2, 0.25) is 0 Å². The number of carbonyl (C=O) groups is 1. The summed E-state index contributed by atoms with van der Waals surface area (Å²) in [5.74, 6) is 0.802. The van der Waals surface area contributed by atoms with Gasteiger partial charge in [0.05, 0.1) is 18.9 Å². The summed E-state index contributed by atoms with van der Waals surface area (Å²) in [5, 5.41) is 4.22. The van der Waals surface area contributed by atoms with Gasteiger partial charge in [-0.15, -0.1) is 0 Å². The minimum Gasteiger partial charge on any atom is -0.375 e. The van der Waals surface area contributed by atoms with Crippen molar-refractivity contribution in [3.05, 3.63) is 36.3 Å². The van der Waals surface area contributed by atoms with Crippen LogP contribution in [-0.4, -0.2) is 51.0 Å². The molecule has 0 radical (unpaired) electrons. The Hall–Kier alpha value is -2.08. The molecule has 2 aromatic heterocycles. The van der Waals surface area contributed by atoms with Gasteiger partial charge in [-0.1, -0.05) is 0 Å². The minimum atomic E-state index is 0.0111. The fraction of sp³-hybridized carbons (Fsp3) is 0.429. The molecular formula is C14H18N4O2. The molecule has 20 heavy (non-hydrogen) atoms. The van der Waals surface area contributed by atoms with Crippen molar-refractivity contribution >= 4 is 5.91 Å². The average Bonchev–Trinajstić information content (AvgIpc) is 3.06. The first-order valence-electron chi connectivity index (χ1n) is 6.73. The van der Waals surface area contributed by atoms with Crippen LogP contribution in [0.2, 0.25) is 0 Å². The third-order valence-corrected chi connectivity index (χ3v) is 3.52. The van der Waals surface area contributed by atoms with E-state index in [0.29, 0.717) is 25.3 Å². The Bertz CT molecular complexity index is 603. The molecule has 1 fully saturated rings. The Morgan fingerprint density at radius 1 is 1.40 bits per heavy atom. The van der Waals surface area contributed by atoms with Crippen LogP contribution >= 0.6 is 0 Å². The molecule has 0 aromatic carbocycles. The van der Waals surface area contributed by atoms with Crippen LogP contribution < -0.4 is 0 Å². The Morgan fingerprint density at radius 3 is 2.85 bits per heavy atom. The molecule has 2 aromatic rings. The molecule has 3 heterocycles. The van der Waals surface area contributed by atoms with Crippen molar-refractivity contribution in [2.75, 3.05) is 19.7 Å². The molecule has 0 saturated carbocycles. The van der Waals surface area contributed by atoms with Gasteiger partial charge in [0.15, 0.2) is 0 Å². The quantitative estimate of drug-likeness (QED) is 0.823. The van der Waals surface area contributed by atoms with Gasteiger partial charge in [-0.25, -0.2) is 0 Å². The molecule has 0 bridgehead atoms. The van der Waals surface area contributed by atoms with E-state index in [2.05, 4.69) is 5.10 Å². The fourth-order valence-electron chi connectivity index (χ4n) is 2.54. The normalized spacial score (nSPS) is 19.3. The van der Waals surface area contributed by atoms with Crippen LogP contribution in [0.3, 0.4) is 0 Å². The van der Waals surface area contributed by atoms with E-state index in [1.807, 2.05) is 48.0 Å². The van der Waals surface area contributed by atoms with Gasteiger partial charge in [0, 0.05) is 32.5 Å². The van der Waals surface area contributed by atoms with Crippen LogP contribution in [0.25, 0.3) is 5.82 Å². The molecule has 0 spiro atoms. The van der Waals surface area contributed by atoms with Gasteiger partial charge < -0.3 is 14.2 Å². The predicted octanol–water partition coefficient (Wildman–Crippen LogP) is 1.07. The second kappa shape index (κ2) is 5.13. The summed E-state index contributed by atoms with van der Waals surface area (Å²) < 4.78 is 9.11. The standard InChI is InChI=1S/C14H18N4O2/c1-11-10-18(7-8-20-11)14(19)12-9-15-16(2)13(12)17-5-3-4-6-17/h3-6,9,11H,7-8,10H2,1-2H3. The van der Waals surface area contributed by atoms with Crippen LogP contribution in [0.1, 0.15) is 17.3 Å². The SMILES string of the molecule is CC1CN(C(=O)c2cnn(C)c2-n2cccc2)CCO1. The Kier molecular flexibility index (Phi) is 3.31. The lowest BCUT2D eigenvalue weighted by atomic mass is 10.2. The van der Waals surface area contributed by atoms with E-state index in [1.165, 1.54) is 0 Å². The molecule has 6 nitrogen and oxygen atoms in total. The van der Waals surface area contributed by atoms with E-state index in [1.54, 1.807) is 10.9 Å². The van der Waals surface area contributed by atoms with Gasteiger partial charge in [-0.05, 0) is 19.1 Å². The molecule has 6 heteroatoms. The number of hydrogen-bond acceptors (Lipinski definition) is 3. The number of aromatic nitrogens is 3. The van der Waals surface area contributed by atoms with Crippen molar-refractivity contribution in [3.8, 4) is 5.82 Å². The number of ether oxygens (including phenoxy) is 1. The molecule has 0 aliphatic carbocycles. The van der Waals surface area contributed by atoms with Crippen LogP contribution in [0, 0.1) is 0 Å². The first-order chi connectivity index (χ1) is 9.66. The molecule has 1 saturated heterocycles. The molecule has 1 amide bonds.